The van der Waals surface area contributed by atoms with Crippen molar-refractivity contribution >= 4 is 29.5 Å². The van der Waals surface area contributed by atoms with Crippen LogP contribution in [0.25, 0.3) is 0 Å². The van der Waals surface area contributed by atoms with E-state index in [-0.39, 0.29) is 0 Å². The number of nitrogens with zero attached hydrogens (tertiary/aromatic N) is 1. The molecule has 3 N–H and O–H groups in total. The van der Waals surface area contributed by atoms with Gasteiger partial charge in [0.25, 0.3) is 0 Å². The van der Waals surface area contributed by atoms with Crippen LogP contribution in [-0.2, 0) is 0 Å². The van der Waals surface area contributed by atoms with E-state index in [1.807, 2.05) is 23.5 Å². The molecule has 1 aliphatic heterocycles. The molecule has 1 unspecified atom stereocenters. The zero-order valence-corrected chi connectivity index (χ0v) is 12.0. The van der Waals surface area contributed by atoms with Crippen molar-refractivity contribution in [2.45, 2.75) is 43.4 Å². The Hall–Kier alpha value is -0.0300. The predicted molar refractivity (Wildman–Crippen MR) is 80.1 cm³/mol. The van der Waals surface area contributed by atoms with Gasteiger partial charge in [0, 0.05) is 28.6 Å². The summed E-state index contributed by atoms with van der Waals surface area (Å²) in [7, 11) is 0. The van der Waals surface area contributed by atoms with Crippen LogP contribution >= 0.6 is 23.5 Å². The van der Waals surface area contributed by atoms with Gasteiger partial charge in [0.1, 0.15) is 0 Å². The van der Waals surface area contributed by atoms with Crippen molar-refractivity contribution in [3.8, 4) is 0 Å². The minimum atomic E-state index is 0.570. The lowest BCUT2D eigenvalue weighted by Crippen LogP contribution is -2.41. The summed E-state index contributed by atoms with van der Waals surface area (Å²) >= 11 is 4.08. The molecule has 17 heavy (non-hydrogen) atoms. The first kappa shape index (κ1) is 13.4. The van der Waals surface area contributed by atoms with Crippen LogP contribution in [-0.4, -0.2) is 41.1 Å². The summed E-state index contributed by atoms with van der Waals surface area (Å²) in [6.07, 6.45) is 6.56. The molecule has 1 heterocycles. The second-order valence-electron chi connectivity index (χ2n) is 4.77. The van der Waals surface area contributed by atoms with Gasteiger partial charge in [-0.3, -0.25) is 4.99 Å². The van der Waals surface area contributed by atoms with Crippen molar-refractivity contribution in [3.63, 3.8) is 0 Å². The number of aliphatic imine (C=N–C) groups is 1. The van der Waals surface area contributed by atoms with Crippen molar-refractivity contribution in [2.75, 3.05) is 23.8 Å². The first-order valence-corrected chi connectivity index (χ1v) is 8.81. The van der Waals surface area contributed by atoms with Crippen LogP contribution in [0, 0.1) is 0 Å². The molecule has 0 aromatic carbocycles. The lowest BCUT2D eigenvalue weighted by Gasteiger charge is -2.24. The third kappa shape index (κ3) is 5.00. The normalized spacial score (nSPS) is 28.0. The highest BCUT2D eigenvalue weighted by Gasteiger charge is 2.15. The molecule has 1 aliphatic carbocycles. The average molecular weight is 273 g/mol. The minimum Gasteiger partial charge on any atom is -0.370 e. The number of hydrogen-bond donors (Lipinski definition) is 2. The van der Waals surface area contributed by atoms with E-state index in [0.717, 1.165) is 6.54 Å². The molecule has 0 bridgehead atoms. The van der Waals surface area contributed by atoms with E-state index in [2.05, 4.69) is 10.3 Å². The van der Waals surface area contributed by atoms with Crippen LogP contribution in [0.15, 0.2) is 4.99 Å². The highest BCUT2D eigenvalue weighted by Crippen LogP contribution is 2.24. The van der Waals surface area contributed by atoms with E-state index in [1.54, 1.807) is 0 Å². The molecule has 0 amide bonds. The number of thioether (sulfide) groups is 2. The van der Waals surface area contributed by atoms with Crippen molar-refractivity contribution in [1.82, 2.24) is 5.32 Å². The molecule has 0 aromatic heterocycles. The standard InChI is InChI=1S/C12H23N3S2/c13-12(15-10-4-2-1-3-5-10)14-8-11-9-16-6-7-17-11/h10-11H,1-9H2,(H3,13,14,15). The largest absolute Gasteiger partial charge is 0.370 e. The summed E-state index contributed by atoms with van der Waals surface area (Å²) in [4.78, 5) is 4.49. The van der Waals surface area contributed by atoms with Crippen LogP contribution < -0.4 is 11.1 Å². The molecule has 0 radical (unpaired) electrons. The molecule has 0 spiro atoms. The average Bonchev–Trinajstić information content (AvgIpc) is 2.39. The van der Waals surface area contributed by atoms with Gasteiger partial charge < -0.3 is 11.1 Å². The van der Waals surface area contributed by atoms with E-state index >= 15 is 0 Å². The predicted octanol–water partition coefficient (Wildman–Crippen LogP) is 2.07. The van der Waals surface area contributed by atoms with Crippen molar-refractivity contribution in [3.05, 3.63) is 0 Å². The van der Waals surface area contributed by atoms with Crippen molar-refractivity contribution < 1.29 is 0 Å². The van der Waals surface area contributed by atoms with Gasteiger partial charge in [0.15, 0.2) is 5.96 Å². The van der Waals surface area contributed by atoms with Gasteiger partial charge in [-0.2, -0.15) is 23.5 Å². The Morgan fingerprint density at radius 2 is 2.06 bits per heavy atom. The third-order valence-corrected chi connectivity index (χ3v) is 6.13. The molecule has 2 fully saturated rings. The highest BCUT2D eigenvalue weighted by molar-refractivity contribution is 8.06. The fourth-order valence-electron chi connectivity index (χ4n) is 2.34. The molecule has 2 rings (SSSR count). The van der Waals surface area contributed by atoms with Crippen molar-refractivity contribution in [2.24, 2.45) is 10.7 Å². The topological polar surface area (TPSA) is 50.4 Å². The Morgan fingerprint density at radius 3 is 2.76 bits per heavy atom. The van der Waals surface area contributed by atoms with Gasteiger partial charge in [0.2, 0.25) is 0 Å². The van der Waals surface area contributed by atoms with E-state index in [4.69, 9.17) is 5.73 Å². The Balaban J connectivity index is 1.68. The number of nitrogens with two attached hydrogens (primary N) is 1. The molecule has 2 aliphatic rings. The van der Waals surface area contributed by atoms with Crippen LogP contribution in [0.4, 0.5) is 0 Å². The van der Waals surface area contributed by atoms with Crippen LogP contribution in [0.1, 0.15) is 32.1 Å². The van der Waals surface area contributed by atoms with Crippen LogP contribution in [0.2, 0.25) is 0 Å². The lowest BCUT2D eigenvalue weighted by atomic mass is 9.96. The first-order chi connectivity index (χ1) is 8.34. The van der Waals surface area contributed by atoms with Crippen LogP contribution in [0.3, 0.4) is 0 Å². The van der Waals surface area contributed by atoms with Crippen LogP contribution in [0.5, 0.6) is 0 Å². The third-order valence-electron chi connectivity index (χ3n) is 3.31. The Morgan fingerprint density at radius 1 is 1.24 bits per heavy atom. The number of guanidine groups is 1. The zero-order valence-electron chi connectivity index (χ0n) is 10.4. The van der Waals surface area contributed by atoms with Crippen molar-refractivity contribution in [1.29, 1.82) is 0 Å². The number of hydrogen-bond acceptors (Lipinski definition) is 3. The Labute approximate surface area is 113 Å². The van der Waals surface area contributed by atoms with E-state index in [1.165, 1.54) is 49.4 Å². The summed E-state index contributed by atoms with van der Waals surface area (Å²) < 4.78 is 0. The van der Waals surface area contributed by atoms with Gasteiger partial charge in [-0.05, 0) is 12.8 Å². The summed E-state index contributed by atoms with van der Waals surface area (Å²) in [5.41, 5.74) is 5.94. The summed E-state index contributed by atoms with van der Waals surface area (Å²) in [6.45, 7) is 0.878. The smallest absolute Gasteiger partial charge is 0.188 e. The Bertz CT molecular complexity index is 246. The molecule has 5 heteroatoms. The van der Waals surface area contributed by atoms with Gasteiger partial charge in [-0.15, -0.1) is 0 Å². The van der Waals surface area contributed by atoms with Gasteiger partial charge in [-0.25, -0.2) is 0 Å². The molecule has 1 saturated carbocycles. The zero-order chi connectivity index (χ0) is 11.9. The molecule has 1 atom stereocenters. The first-order valence-electron chi connectivity index (χ1n) is 6.60. The summed E-state index contributed by atoms with van der Waals surface area (Å²) in [5, 5.41) is 4.04. The van der Waals surface area contributed by atoms with Gasteiger partial charge >= 0.3 is 0 Å². The fraction of sp³-hybridized carbons (Fsp3) is 0.917. The van der Waals surface area contributed by atoms with E-state index in [0.29, 0.717) is 17.3 Å². The molecular formula is C12H23N3S2. The summed E-state index contributed by atoms with van der Waals surface area (Å²) in [5.74, 6) is 4.44. The number of nitrogens with one attached hydrogen (secondary N) is 1. The lowest BCUT2D eigenvalue weighted by molar-refractivity contribution is 0.412. The molecule has 3 nitrogen and oxygen atoms in total. The molecule has 0 aromatic rings. The maximum Gasteiger partial charge on any atom is 0.188 e. The number of rotatable bonds is 3. The highest BCUT2D eigenvalue weighted by atomic mass is 32.2. The Kier molecular flexibility index (Phi) is 5.85. The minimum absolute atomic E-state index is 0.570. The summed E-state index contributed by atoms with van der Waals surface area (Å²) in [6, 6.07) is 0.570. The SMILES string of the molecule is NC(=NCC1CSCCS1)NC1CCCCC1. The van der Waals surface area contributed by atoms with E-state index < -0.39 is 0 Å². The molecule has 1 saturated heterocycles. The quantitative estimate of drug-likeness (QED) is 0.610. The maximum atomic E-state index is 5.94. The maximum absolute atomic E-state index is 5.94. The second kappa shape index (κ2) is 7.41. The monoisotopic (exact) mass is 273 g/mol. The molecule has 98 valence electrons. The second-order valence-corrected chi connectivity index (χ2v) is 7.33. The van der Waals surface area contributed by atoms with Gasteiger partial charge in [-0.1, -0.05) is 19.3 Å². The van der Waals surface area contributed by atoms with E-state index in [9.17, 15) is 0 Å². The fourth-order valence-corrected chi connectivity index (χ4v) is 4.92. The van der Waals surface area contributed by atoms with Gasteiger partial charge in [0.05, 0.1) is 6.54 Å². The molecular weight excluding hydrogens is 250 g/mol.